The molecule has 0 amide bonds. The smallest absolute Gasteiger partial charge is 0.187 e. The van der Waals surface area contributed by atoms with E-state index in [-0.39, 0.29) is 19.3 Å². The van der Waals surface area contributed by atoms with Crippen LogP contribution in [0.5, 0.6) is 0 Å². The number of methoxy groups -OCH3 is 1. The molecule has 0 radical (unpaired) electrons. The first-order valence-electron chi connectivity index (χ1n) is 15.6. The largest absolute Gasteiger partial charge is 0.394 e. The highest BCUT2D eigenvalue weighted by Gasteiger charge is 2.51. The first kappa shape index (κ1) is 41.4. The van der Waals surface area contributed by atoms with Crippen molar-refractivity contribution in [1.82, 2.24) is 0 Å². The van der Waals surface area contributed by atoms with Crippen LogP contribution in [0, 0.1) is 0 Å². The summed E-state index contributed by atoms with van der Waals surface area (Å²) < 4.78 is 38.0. The Bertz CT molecular complexity index is 968. The van der Waals surface area contributed by atoms with Crippen molar-refractivity contribution in [3.8, 4) is 0 Å². The number of nitrogens with zero attached hydrogens (tertiary/aromatic N) is 3. The van der Waals surface area contributed by atoms with Crippen LogP contribution in [0.1, 0.15) is 19.3 Å². The molecule has 3 saturated heterocycles. The maximum atomic E-state index is 10.7. The highest BCUT2D eigenvalue weighted by molar-refractivity contribution is 7.99. The van der Waals surface area contributed by atoms with Crippen molar-refractivity contribution in [3.63, 3.8) is 0 Å². The fraction of sp³-hybridized carbons (Fsp3) is 1.00. The zero-order valence-corrected chi connectivity index (χ0v) is 27.2. The lowest BCUT2D eigenvalue weighted by Crippen LogP contribution is -2.64. The van der Waals surface area contributed by atoms with Gasteiger partial charge in [0.05, 0.1) is 26.4 Å². The zero-order chi connectivity index (χ0) is 35.4. The monoisotopic (exact) mass is 719 g/mol. The van der Waals surface area contributed by atoms with E-state index < -0.39 is 112 Å². The van der Waals surface area contributed by atoms with Gasteiger partial charge in [0, 0.05) is 36.2 Å². The van der Waals surface area contributed by atoms with E-state index >= 15 is 0 Å². The van der Waals surface area contributed by atoms with Crippen LogP contribution in [0.3, 0.4) is 0 Å². The molecule has 10 N–H and O–H groups in total. The molecule has 0 bridgehead atoms. The van der Waals surface area contributed by atoms with Gasteiger partial charge in [-0.05, 0) is 18.4 Å². The Labute approximate surface area is 280 Å². The molecule has 16 atom stereocenters. The van der Waals surface area contributed by atoms with Crippen LogP contribution in [0.4, 0.5) is 0 Å². The second-order valence-corrected chi connectivity index (χ2v) is 12.7. The van der Waals surface area contributed by atoms with E-state index in [1.165, 1.54) is 18.9 Å². The summed E-state index contributed by atoms with van der Waals surface area (Å²) in [5, 5.41) is 105. The third-order valence-electron chi connectivity index (χ3n) is 8.29. The first-order chi connectivity index (χ1) is 23.0. The number of hydrogen-bond acceptors (Lipinski definition) is 19. The molecule has 0 aromatic carbocycles. The molecule has 3 heterocycles. The van der Waals surface area contributed by atoms with E-state index in [1.807, 2.05) is 0 Å². The number of aliphatic hydroxyl groups is 10. The standard InChI is InChI=1S/C27H49N3O17S/c1-41-25-21(39)18(36)23(14(9-32)45-25)42-5-3-2-4-12(29-30-28)11-48-7-6-43-26-22(40)19(37)24(15(10-33)46-26)47-27-20(38)17(35)16(34)13(8-31)44-27/h12-27,31-40H,2-11H2,1H3/t12-,13-,14-,15-,16-,17+,18-,19-,20-,21-,22-,23-,24-,25+,26+,27-/m1/s1. The minimum atomic E-state index is -1.77. The molecule has 280 valence electrons. The number of unbranched alkanes of at least 4 members (excludes halogenated alkanes) is 1. The number of rotatable bonds is 19. The number of aliphatic hydroxyl groups excluding tert-OH is 10. The third-order valence-corrected chi connectivity index (χ3v) is 9.37. The van der Waals surface area contributed by atoms with Crippen molar-refractivity contribution >= 4 is 11.8 Å². The van der Waals surface area contributed by atoms with Gasteiger partial charge in [0.2, 0.25) is 0 Å². The summed E-state index contributed by atoms with van der Waals surface area (Å²) in [7, 11) is 1.31. The fourth-order valence-corrected chi connectivity index (χ4v) is 6.42. The molecule has 0 aliphatic carbocycles. The van der Waals surface area contributed by atoms with Crippen LogP contribution in [0.15, 0.2) is 5.11 Å². The number of thioether (sulfide) groups is 1. The van der Waals surface area contributed by atoms with Crippen LogP contribution >= 0.6 is 11.8 Å². The molecule has 0 unspecified atom stereocenters. The second-order valence-electron chi connectivity index (χ2n) is 11.6. The summed E-state index contributed by atoms with van der Waals surface area (Å²) in [5.41, 5.74) is 8.97. The van der Waals surface area contributed by atoms with Crippen LogP contribution in [0.2, 0.25) is 0 Å². The van der Waals surface area contributed by atoms with Crippen LogP contribution in [-0.4, -0.2) is 201 Å². The van der Waals surface area contributed by atoms with Gasteiger partial charge in [-0.2, -0.15) is 11.8 Å². The van der Waals surface area contributed by atoms with E-state index in [4.69, 9.17) is 38.7 Å². The van der Waals surface area contributed by atoms with E-state index in [9.17, 15) is 51.1 Å². The van der Waals surface area contributed by atoms with Crippen LogP contribution < -0.4 is 0 Å². The Morgan fingerprint density at radius 2 is 1.27 bits per heavy atom. The van der Waals surface area contributed by atoms with Crippen molar-refractivity contribution in [2.24, 2.45) is 5.11 Å². The molecule has 3 rings (SSSR count). The first-order valence-corrected chi connectivity index (χ1v) is 16.8. The molecule has 0 aromatic rings. The Balaban J connectivity index is 1.38. The third kappa shape index (κ3) is 10.7. The van der Waals surface area contributed by atoms with E-state index in [1.54, 1.807) is 0 Å². The lowest BCUT2D eigenvalue weighted by atomic mass is 9.97. The average Bonchev–Trinajstić information content (AvgIpc) is 3.08. The van der Waals surface area contributed by atoms with Gasteiger partial charge in [0.15, 0.2) is 18.9 Å². The van der Waals surface area contributed by atoms with Gasteiger partial charge in [-0.15, -0.1) is 0 Å². The van der Waals surface area contributed by atoms with Crippen molar-refractivity contribution < 1.29 is 84.2 Å². The summed E-state index contributed by atoms with van der Waals surface area (Å²) in [6.07, 6.45) is -19.4. The molecule has 0 aromatic heterocycles. The van der Waals surface area contributed by atoms with Crippen molar-refractivity contribution in [2.75, 3.05) is 51.6 Å². The van der Waals surface area contributed by atoms with Gasteiger partial charge in [0.1, 0.15) is 73.2 Å². The number of azide groups is 1. The molecule has 20 nitrogen and oxygen atoms in total. The Hall–Kier alpha value is -1.02. The number of hydrogen-bond donors (Lipinski definition) is 10. The molecule has 3 aliphatic heterocycles. The predicted molar refractivity (Wildman–Crippen MR) is 161 cm³/mol. The normalized spacial score (nSPS) is 41.1. The van der Waals surface area contributed by atoms with Crippen LogP contribution in [0.25, 0.3) is 10.4 Å². The van der Waals surface area contributed by atoms with Gasteiger partial charge in [-0.1, -0.05) is 11.5 Å². The van der Waals surface area contributed by atoms with Crippen molar-refractivity contribution in [2.45, 2.75) is 117 Å². The zero-order valence-electron chi connectivity index (χ0n) is 26.4. The molecule has 3 aliphatic rings. The Kier molecular flexibility index (Phi) is 17.9. The fourth-order valence-electron chi connectivity index (χ4n) is 5.54. The molecular weight excluding hydrogens is 670 g/mol. The Morgan fingerprint density at radius 3 is 1.92 bits per heavy atom. The topological polar surface area (TPSA) is 316 Å². The minimum Gasteiger partial charge on any atom is -0.394 e. The van der Waals surface area contributed by atoms with Crippen molar-refractivity contribution in [1.29, 1.82) is 0 Å². The molecule has 3 fully saturated rings. The summed E-state index contributed by atoms with van der Waals surface area (Å²) in [5.74, 6) is 0.816. The van der Waals surface area contributed by atoms with E-state index in [2.05, 4.69) is 10.0 Å². The molecule has 48 heavy (non-hydrogen) atoms. The van der Waals surface area contributed by atoms with Gasteiger partial charge in [-0.3, -0.25) is 0 Å². The van der Waals surface area contributed by atoms with Gasteiger partial charge in [-0.25, -0.2) is 0 Å². The molecular formula is C27H49N3O17S. The van der Waals surface area contributed by atoms with Gasteiger partial charge < -0.3 is 84.2 Å². The maximum Gasteiger partial charge on any atom is 0.187 e. The maximum absolute atomic E-state index is 10.7. The SMILES string of the molecule is CO[C@H]1O[C@H](CO)[C@@H](OCCCC[C@H](CSCCO[C@H]2O[C@H](CO)[C@@H](O[C@H]3O[C@H](CO)[C@@H](O)[C@H](O)[C@H]3O)[C@H](O)[C@H]2O)N=[N+]=[N-])[C@H](O)[C@H]1O. The summed E-state index contributed by atoms with van der Waals surface area (Å²) >= 11 is 1.40. The Morgan fingerprint density at radius 1 is 0.688 bits per heavy atom. The predicted octanol–water partition coefficient (Wildman–Crippen LogP) is -4.32. The van der Waals surface area contributed by atoms with Crippen molar-refractivity contribution in [3.05, 3.63) is 10.4 Å². The second kappa shape index (κ2) is 20.7. The summed E-state index contributed by atoms with van der Waals surface area (Å²) in [6, 6.07) is -0.365. The quantitative estimate of drug-likeness (QED) is 0.0261. The lowest BCUT2D eigenvalue weighted by molar-refractivity contribution is -0.359. The lowest BCUT2D eigenvalue weighted by Gasteiger charge is -2.45. The summed E-state index contributed by atoms with van der Waals surface area (Å²) in [4.78, 5) is 2.89. The highest BCUT2D eigenvalue weighted by atomic mass is 32.2. The highest BCUT2D eigenvalue weighted by Crippen LogP contribution is 2.30. The molecule has 0 spiro atoms. The van der Waals surface area contributed by atoms with E-state index in [0.29, 0.717) is 30.8 Å². The minimum absolute atomic E-state index is 0.0416. The number of ether oxygens (including phenoxy) is 7. The van der Waals surface area contributed by atoms with Gasteiger partial charge >= 0.3 is 0 Å². The van der Waals surface area contributed by atoms with E-state index in [0.717, 1.165) is 0 Å². The van der Waals surface area contributed by atoms with Crippen LogP contribution in [-0.2, 0) is 33.2 Å². The molecule has 21 heteroatoms. The average molecular weight is 720 g/mol. The molecule has 0 saturated carbocycles. The summed E-state index contributed by atoms with van der Waals surface area (Å²) in [6.45, 7) is -1.60. The van der Waals surface area contributed by atoms with Gasteiger partial charge in [0.25, 0.3) is 0 Å².